The zero-order valence-electron chi connectivity index (χ0n) is 16.9. The lowest BCUT2D eigenvalue weighted by Gasteiger charge is -2.18. The number of aromatic nitrogens is 1. The molecule has 0 saturated carbocycles. The van der Waals surface area contributed by atoms with Gasteiger partial charge in [-0.2, -0.15) is 0 Å². The van der Waals surface area contributed by atoms with Gasteiger partial charge in [0.2, 0.25) is 0 Å². The first-order chi connectivity index (χ1) is 14.2. The van der Waals surface area contributed by atoms with E-state index in [-0.39, 0.29) is 6.10 Å². The van der Waals surface area contributed by atoms with Gasteiger partial charge in [0.05, 0.1) is 25.9 Å². The van der Waals surface area contributed by atoms with E-state index >= 15 is 0 Å². The number of thiazole rings is 1. The maximum absolute atomic E-state index is 5.97. The highest BCUT2D eigenvalue weighted by atomic mass is 32.1. The van der Waals surface area contributed by atoms with Crippen molar-refractivity contribution in [1.82, 2.24) is 15.6 Å². The molecule has 1 aromatic heterocycles. The lowest BCUT2D eigenvalue weighted by molar-refractivity contribution is 0.213. The molecule has 0 aliphatic carbocycles. The fourth-order valence-corrected chi connectivity index (χ4v) is 3.54. The number of ether oxygens (including phenoxy) is 2. The first kappa shape index (κ1) is 20.7. The van der Waals surface area contributed by atoms with Crippen LogP contribution >= 0.6 is 11.3 Å². The zero-order chi connectivity index (χ0) is 20.5. The molecule has 0 spiro atoms. The third kappa shape index (κ3) is 5.96. The molecule has 0 fully saturated rings. The van der Waals surface area contributed by atoms with Crippen molar-refractivity contribution in [3.05, 3.63) is 65.7 Å². The van der Waals surface area contributed by atoms with Crippen LogP contribution in [0.4, 0.5) is 0 Å². The van der Waals surface area contributed by atoms with Crippen LogP contribution in [0.3, 0.4) is 0 Å². The Morgan fingerprint density at radius 1 is 1.07 bits per heavy atom. The summed E-state index contributed by atoms with van der Waals surface area (Å²) in [5.74, 6) is 2.15. The summed E-state index contributed by atoms with van der Waals surface area (Å²) in [6.07, 6.45) is -0.0613. The van der Waals surface area contributed by atoms with Gasteiger partial charge in [0.15, 0.2) is 17.5 Å². The second-order valence-electron chi connectivity index (χ2n) is 6.40. The van der Waals surface area contributed by atoms with Crippen LogP contribution in [0.2, 0.25) is 0 Å². The van der Waals surface area contributed by atoms with E-state index in [4.69, 9.17) is 14.5 Å². The summed E-state index contributed by atoms with van der Waals surface area (Å²) < 4.78 is 11.3. The van der Waals surface area contributed by atoms with Crippen molar-refractivity contribution in [2.24, 2.45) is 4.99 Å². The van der Waals surface area contributed by atoms with E-state index in [0.29, 0.717) is 19.0 Å². The number of para-hydroxylation sites is 2. The van der Waals surface area contributed by atoms with Crippen molar-refractivity contribution in [1.29, 1.82) is 0 Å². The van der Waals surface area contributed by atoms with Gasteiger partial charge >= 0.3 is 0 Å². The molecule has 1 heterocycles. The maximum Gasteiger partial charge on any atom is 0.191 e. The lowest BCUT2D eigenvalue weighted by Crippen LogP contribution is -2.41. The van der Waals surface area contributed by atoms with Crippen LogP contribution < -0.4 is 20.1 Å². The molecular weight excluding hydrogens is 384 g/mol. The van der Waals surface area contributed by atoms with E-state index in [2.05, 4.69) is 33.1 Å². The van der Waals surface area contributed by atoms with E-state index in [9.17, 15) is 0 Å². The molecule has 2 aromatic carbocycles. The molecule has 0 bridgehead atoms. The second-order valence-corrected chi connectivity index (χ2v) is 7.25. The summed E-state index contributed by atoms with van der Waals surface area (Å²) in [5, 5.41) is 9.66. The average Bonchev–Trinajstić information content (AvgIpc) is 3.24. The molecule has 1 atom stereocenters. The van der Waals surface area contributed by atoms with Gasteiger partial charge in [-0.1, -0.05) is 42.5 Å². The van der Waals surface area contributed by atoms with E-state index in [1.807, 2.05) is 49.4 Å². The largest absolute Gasteiger partial charge is 0.493 e. The normalized spacial score (nSPS) is 12.3. The average molecular weight is 411 g/mol. The molecule has 29 heavy (non-hydrogen) atoms. The van der Waals surface area contributed by atoms with E-state index < -0.39 is 0 Å². The molecule has 6 nitrogen and oxygen atoms in total. The van der Waals surface area contributed by atoms with Crippen molar-refractivity contribution >= 4 is 17.3 Å². The predicted octanol–water partition coefficient (Wildman–Crippen LogP) is 3.95. The summed E-state index contributed by atoms with van der Waals surface area (Å²) in [7, 11) is 3.39. The van der Waals surface area contributed by atoms with Crippen molar-refractivity contribution in [3.8, 4) is 22.1 Å². The van der Waals surface area contributed by atoms with Crippen LogP contribution in [0.1, 0.15) is 12.6 Å². The topological polar surface area (TPSA) is 67.8 Å². The summed E-state index contributed by atoms with van der Waals surface area (Å²) in [6.45, 7) is 3.20. The highest BCUT2D eigenvalue weighted by Crippen LogP contribution is 2.26. The van der Waals surface area contributed by atoms with Crippen molar-refractivity contribution in [3.63, 3.8) is 0 Å². The van der Waals surface area contributed by atoms with Crippen LogP contribution in [-0.4, -0.2) is 37.7 Å². The molecule has 0 amide bonds. The Morgan fingerprint density at radius 3 is 2.52 bits per heavy atom. The Balaban J connectivity index is 1.48. The van der Waals surface area contributed by atoms with Gasteiger partial charge in [0.25, 0.3) is 0 Å². The lowest BCUT2D eigenvalue weighted by atomic mass is 10.2. The van der Waals surface area contributed by atoms with Gasteiger partial charge < -0.3 is 20.1 Å². The number of aliphatic imine (C=N–C) groups is 1. The molecule has 0 saturated heterocycles. The third-order valence-electron chi connectivity index (χ3n) is 4.19. The molecule has 3 aromatic rings. The fourth-order valence-electron chi connectivity index (χ4n) is 2.71. The van der Waals surface area contributed by atoms with Crippen LogP contribution in [-0.2, 0) is 6.54 Å². The highest BCUT2D eigenvalue weighted by Gasteiger charge is 2.10. The maximum atomic E-state index is 5.97. The minimum atomic E-state index is -0.0613. The first-order valence-corrected chi connectivity index (χ1v) is 10.3. The summed E-state index contributed by atoms with van der Waals surface area (Å²) in [6, 6.07) is 17.8. The molecule has 2 N–H and O–H groups in total. The quantitative estimate of drug-likeness (QED) is 0.435. The van der Waals surface area contributed by atoms with Gasteiger partial charge in [-0.15, -0.1) is 11.3 Å². The third-order valence-corrected chi connectivity index (χ3v) is 5.13. The molecular formula is C22H26N4O2S. The molecule has 152 valence electrons. The van der Waals surface area contributed by atoms with E-state index in [1.54, 1.807) is 25.5 Å². The van der Waals surface area contributed by atoms with Crippen molar-refractivity contribution in [2.75, 3.05) is 20.7 Å². The number of nitrogens with zero attached hydrogens (tertiary/aromatic N) is 2. The van der Waals surface area contributed by atoms with Gasteiger partial charge in [0.1, 0.15) is 11.1 Å². The molecule has 0 aliphatic heterocycles. The van der Waals surface area contributed by atoms with Gasteiger partial charge in [-0.25, -0.2) is 4.98 Å². The summed E-state index contributed by atoms with van der Waals surface area (Å²) in [5.41, 5.74) is 2.11. The number of methoxy groups -OCH3 is 1. The number of benzene rings is 2. The Morgan fingerprint density at radius 2 is 1.79 bits per heavy atom. The van der Waals surface area contributed by atoms with Crippen LogP contribution in [0, 0.1) is 0 Å². The van der Waals surface area contributed by atoms with Crippen molar-refractivity contribution < 1.29 is 9.47 Å². The monoisotopic (exact) mass is 410 g/mol. The summed E-state index contributed by atoms with van der Waals surface area (Å²) in [4.78, 5) is 8.96. The molecule has 0 aliphatic rings. The minimum Gasteiger partial charge on any atom is -0.493 e. The van der Waals surface area contributed by atoms with Crippen molar-refractivity contribution in [2.45, 2.75) is 19.6 Å². The highest BCUT2D eigenvalue weighted by molar-refractivity contribution is 7.13. The smallest absolute Gasteiger partial charge is 0.191 e. The Kier molecular flexibility index (Phi) is 7.47. The fraction of sp³-hybridized carbons (Fsp3) is 0.273. The zero-order valence-corrected chi connectivity index (χ0v) is 17.7. The predicted molar refractivity (Wildman–Crippen MR) is 119 cm³/mol. The van der Waals surface area contributed by atoms with E-state index in [0.717, 1.165) is 27.8 Å². The number of guanidine groups is 1. The number of hydrogen-bond acceptors (Lipinski definition) is 5. The Bertz CT molecular complexity index is 927. The molecule has 1 unspecified atom stereocenters. The van der Waals surface area contributed by atoms with Gasteiger partial charge in [-0.05, 0) is 19.1 Å². The molecule has 0 radical (unpaired) electrons. The first-order valence-electron chi connectivity index (χ1n) is 9.43. The van der Waals surface area contributed by atoms with Crippen LogP contribution in [0.5, 0.6) is 11.5 Å². The molecule has 7 heteroatoms. The number of nitrogens with one attached hydrogen (secondary N) is 2. The van der Waals surface area contributed by atoms with Crippen LogP contribution in [0.25, 0.3) is 10.6 Å². The summed E-state index contributed by atoms with van der Waals surface area (Å²) >= 11 is 1.64. The minimum absolute atomic E-state index is 0.0613. The van der Waals surface area contributed by atoms with Gasteiger partial charge in [-0.3, -0.25) is 4.99 Å². The molecule has 3 rings (SSSR count). The van der Waals surface area contributed by atoms with Gasteiger partial charge in [0, 0.05) is 18.0 Å². The second kappa shape index (κ2) is 10.5. The SMILES string of the molecule is CN=C(NCc1csc(-c2ccccc2)n1)NCC(C)Oc1ccccc1OC. The standard InChI is InChI=1S/C22H26N4O2S/c1-16(28-20-12-8-7-11-19(20)27-3)13-24-22(23-2)25-14-18-15-29-21(26-18)17-9-5-4-6-10-17/h4-12,15-16H,13-14H2,1-3H3,(H2,23,24,25). The van der Waals surface area contributed by atoms with Crippen LogP contribution in [0.15, 0.2) is 65.0 Å². The number of rotatable bonds is 8. The Labute approximate surface area is 175 Å². The number of hydrogen-bond donors (Lipinski definition) is 2. The Hall–Kier alpha value is -3.06. The van der Waals surface area contributed by atoms with E-state index in [1.165, 1.54) is 0 Å².